The molecule has 2 aromatic carbocycles. The Hall–Kier alpha value is -3.12. The third-order valence-corrected chi connectivity index (χ3v) is 4.79. The van der Waals surface area contributed by atoms with Gasteiger partial charge in [-0.1, -0.05) is 42.5 Å². The van der Waals surface area contributed by atoms with Crippen molar-refractivity contribution in [3.63, 3.8) is 0 Å². The van der Waals surface area contributed by atoms with Gasteiger partial charge in [0.05, 0.1) is 6.42 Å². The SMILES string of the molecule is O=C(Cc1cccs1)NCCN(C(=O)Nc1ccccc1)c1ccccc1. The van der Waals surface area contributed by atoms with E-state index in [1.807, 2.05) is 78.2 Å². The number of nitrogens with one attached hydrogen (secondary N) is 2. The third-order valence-electron chi connectivity index (χ3n) is 3.91. The number of amides is 3. The van der Waals surface area contributed by atoms with E-state index in [1.165, 1.54) is 0 Å². The van der Waals surface area contributed by atoms with Crippen molar-refractivity contribution >= 4 is 34.6 Å². The summed E-state index contributed by atoms with van der Waals surface area (Å²) in [5, 5.41) is 7.73. The molecule has 5 nitrogen and oxygen atoms in total. The van der Waals surface area contributed by atoms with Crippen molar-refractivity contribution in [1.29, 1.82) is 0 Å². The number of nitrogens with zero attached hydrogens (tertiary/aromatic N) is 1. The summed E-state index contributed by atoms with van der Waals surface area (Å²) in [6.07, 6.45) is 0.360. The van der Waals surface area contributed by atoms with Crippen LogP contribution in [0.1, 0.15) is 4.88 Å². The fourth-order valence-corrected chi connectivity index (χ4v) is 3.31. The number of benzene rings is 2. The lowest BCUT2D eigenvalue weighted by Gasteiger charge is -2.23. The van der Waals surface area contributed by atoms with E-state index in [-0.39, 0.29) is 11.9 Å². The van der Waals surface area contributed by atoms with Crippen LogP contribution in [-0.2, 0) is 11.2 Å². The van der Waals surface area contributed by atoms with Crippen molar-refractivity contribution in [2.75, 3.05) is 23.3 Å². The Morgan fingerprint density at radius 2 is 1.59 bits per heavy atom. The second-order valence-electron chi connectivity index (χ2n) is 5.89. The van der Waals surface area contributed by atoms with E-state index in [2.05, 4.69) is 10.6 Å². The van der Waals surface area contributed by atoms with Gasteiger partial charge < -0.3 is 10.6 Å². The molecule has 0 saturated carbocycles. The molecule has 0 atom stereocenters. The first kappa shape index (κ1) is 18.7. The minimum atomic E-state index is -0.236. The first-order valence-corrected chi connectivity index (χ1v) is 9.58. The van der Waals surface area contributed by atoms with Gasteiger partial charge >= 0.3 is 6.03 Å². The van der Waals surface area contributed by atoms with Crippen LogP contribution >= 0.6 is 11.3 Å². The highest BCUT2D eigenvalue weighted by Gasteiger charge is 2.16. The zero-order valence-electron chi connectivity index (χ0n) is 14.8. The number of thiophene rings is 1. The van der Waals surface area contributed by atoms with Gasteiger partial charge in [0.2, 0.25) is 5.91 Å². The predicted octanol–water partition coefficient (Wildman–Crippen LogP) is 4.15. The topological polar surface area (TPSA) is 61.4 Å². The minimum absolute atomic E-state index is 0.0473. The standard InChI is InChI=1S/C21H21N3O2S/c25-20(16-19-12-7-15-27-19)22-13-14-24(18-10-5-2-6-11-18)21(26)23-17-8-3-1-4-9-17/h1-12,15H,13-14,16H2,(H,22,25)(H,23,26). The molecule has 0 aliphatic carbocycles. The molecule has 6 heteroatoms. The van der Waals surface area contributed by atoms with E-state index in [9.17, 15) is 9.59 Å². The molecule has 0 aliphatic rings. The Balaban J connectivity index is 1.60. The van der Waals surface area contributed by atoms with Crippen molar-refractivity contribution in [1.82, 2.24) is 5.32 Å². The third kappa shape index (κ3) is 5.69. The second-order valence-corrected chi connectivity index (χ2v) is 6.92. The molecule has 27 heavy (non-hydrogen) atoms. The van der Waals surface area contributed by atoms with Crippen molar-refractivity contribution in [3.05, 3.63) is 83.1 Å². The molecule has 0 fully saturated rings. The number of hydrogen-bond donors (Lipinski definition) is 2. The number of carbonyl (C=O) groups excluding carboxylic acids is 2. The van der Waals surface area contributed by atoms with Crippen LogP contribution in [-0.4, -0.2) is 25.0 Å². The smallest absolute Gasteiger partial charge is 0.326 e. The highest BCUT2D eigenvalue weighted by atomic mass is 32.1. The fourth-order valence-electron chi connectivity index (χ4n) is 2.61. The molecule has 1 aromatic heterocycles. The number of urea groups is 1. The summed E-state index contributed by atoms with van der Waals surface area (Å²) in [4.78, 5) is 27.5. The van der Waals surface area contributed by atoms with E-state index in [1.54, 1.807) is 16.2 Å². The summed E-state index contributed by atoms with van der Waals surface area (Å²) in [6.45, 7) is 0.750. The molecule has 0 bridgehead atoms. The lowest BCUT2D eigenvalue weighted by molar-refractivity contribution is -0.120. The summed E-state index contributed by atoms with van der Waals surface area (Å²) in [7, 11) is 0. The monoisotopic (exact) mass is 379 g/mol. The molecule has 138 valence electrons. The van der Waals surface area contributed by atoms with Crippen LogP contribution in [0.25, 0.3) is 0 Å². The molecule has 2 N–H and O–H groups in total. The average molecular weight is 379 g/mol. The quantitative estimate of drug-likeness (QED) is 0.648. The van der Waals surface area contributed by atoms with Gasteiger partial charge in [-0.15, -0.1) is 11.3 Å². The van der Waals surface area contributed by atoms with Crippen LogP contribution in [0.4, 0.5) is 16.2 Å². The summed E-state index contributed by atoms with van der Waals surface area (Å²) in [5.41, 5.74) is 1.50. The van der Waals surface area contributed by atoms with E-state index < -0.39 is 0 Å². The van der Waals surface area contributed by atoms with Crippen molar-refractivity contribution in [3.8, 4) is 0 Å². The number of carbonyl (C=O) groups is 2. The number of hydrogen-bond acceptors (Lipinski definition) is 3. The van der Waals surface area contributed by atoms with E-state index in [0.29, 0.717) is 19.5 Å². The molecule has 3 amide bonds. The van der Waals surface area contributed by atoms with Crippen LogP contribution in [0.5, 0.6) is 0 Å². The molecular weight excluding hydrogens is 358 g/mol. The van der Waals surface area contributed by atoms with Crippen molar-refractivity contribution in [2.24, 2.45) is 0 Å². The van der Waals surface area contributed by atoms with Gasteiger partial charge in [-0.2, -0.15) is 0 Å². The molecule has 1 heterocycles. The zero-order chi connectivity index (χ0) is 18.9. The Kier molecular flexibility index (Phi) is 6.60. The van der Waals surface area contributed by atoms with Crippen LogP contribution in [0.2, 0.25) is 0 Å². The lowest BCUT2D eigenvalue weighted by atomic mass is 10.3. The van der Waals surface area contributed by atoms with Gasteiger partial charge in [-0.05, 0) is 35.7 Å². The van der Waals surface area contributed by atoms with Gasteiger partial charge in [0.1, 0.15) is 0 Å². The van der Waals surface area contributed by atoms with E-state index in [0.717, 1.165) is 16.3 Å². The van der Waals surface area contributed by atoms with Gasteiger partial charge in [0.15, 0.2) is 0 Å². The van der Waals surface area contributed by atoms with Crippen LogP contribution < -0.4 is 15.5 Å². The van der Waals surface area contributed by atoms with E-state index >= 15 is 0 Å². The average Bonchev–Trinajstić information content (AvgIpc) is 3.19. The Morgan fingerprint density at radius 3 is 2.26 bits per heavy atom. The first-order valence-electron chi connectivity index (χ1n) is 8.70. The van der Waals surface area contributed by atoms with Gasteiger partial charge in [-0.3, -0.25) is 9.69 Å². The molecule has 0 radical (unpaired) electrons. The molecular formula is C21H21N3O2S. The largest absolute Gasteiger partial charge is 0.354 e. The van der Waals surface area contributed by atoms with Gasteiger partial charge in [0.25, 0.3) is 0 Å². The van der Waals surface area contributed by atoms with Crippen LogP contribution in [0.15, 0.2) is 78.2 Å². The summed E-state index contributed by atoms with van der Waals surface area (Å²) in [6, 6.07) is 22.4. The Morgan fingerprint density at radius 1 is 0.889 bits per heavy atom. The second kappa shape index (κ2) is 9.54. The highest BCUT2D eigenvalue weighted by molar-refractivity contribution is 7.10. The normalized spacial score (nSPS) is 10.2. The van der Waals surface area contributed by atoms with Crippen molar-refractivity contribution in [2.45, 2.75) is 6.42 Å². The molecule has 0 unspecified atom stereocenters. The maximum Gasteiger partial charge on any atom is 0.326 e. The predicted molar refractivity (Wildman–Crippen MR) is 110 cm³/mol. The maximum atomic E-state index is 12.7. The Labute approximate surface area is 162 Å². The first-order chi connectivity index (χ1) is 13.2. The molecule has 3 rings (SSSR count). The van der Waals surface area contributed by atoms with Crippen LogP contribution in [0, 0.1) is 0 Å². The van der Waals surface area contributed by atoms with Gasteiger partial charge in [-0.25, -0.2) is 4.79 Å². The molecule has 3 aromatic rings. The highest BCUT2D eigenvalue weighted by Crippen LogP contribution is 2.15. The minimum Gasteiger partial charge on any atom is -0.354 e. The van der Waals surface area contributed by atoms with E-state index in [4.69, 9.17) is 0 Å². The number of rotatable bonds is 7. The molecule has 0 spiro atoms. The zero-order valence-corrected chi connectivity index (χ0v) is 15.6. The number of anilines is 2. The molecule has 0 aliphatic heterocycles. The Bertz CT molecular complexity index is 852. The van der Waals surface area contributed by atoms with Crippen molar-refractivity contribution < 1.29 is 9.59 Å². The summed E-state index contributed by atoms with van der Waals surface area (Å²) < 4.78 is 0. The number of para-hydroxylation sites is 2. The maximum absolute atomic E-state index is 12.7. The van der Waals surface area contributed by atoms with Crippen LogP contribution in [0.3, 0.4) is 0 Å². The lowest BCUT2D eigenvalue weighted by Crippen LogP contribution is -2.41. The summed E-state index contributed by atoms with van der Waals surface area (Å²) in [5.74, 6) is -0.0473. The molecule has 0 saturated heterocycles. The van der Waals surface area contributed by atoms with Gasteiger partial charge in [0, 0.05) is 29.3 Å². The fraction of sp³-hybridized carbons (Fsp3) is 0.143. The summed E-state index contributed by atoms with van der Waals surface area (Å²) >= 11 is 1.56.